The molecule has 0 saturated carbocycles. The zero-order chi connectivity index (χ0) is 16.0. The fraction of sp³-hybridized carbons (Fsp3) is 0.533. The molecule has 1 atom stereocenters. The number of carbonyl (C=O) groups excluding carboxylic acids is 1. The van der Waals surface area contributed by atoms with E-state index < -0.39 is 5.97 Å². The van der Waals surface area contributed by atoms with Crippen LogP contribution >= 0.6 is 11.6 Å². The highest BCUT2D eigenvalue weighted by Gasteiger charge is 2.21. The molecule has 5 nitrogen and oxygen atoms in total. The summed E-state index contributed by atoms with van der Waals surface area (Å²) in [6.07, 6.45) is 0. The lowest BCUT2D eigenvalue weighted by atomic mass is 10.0. The number of methoxy groups -OCH3 is 1. The third-order valence-corrected chi connectivity index (χ3v) is 3.45. The molecule has 1 aromatic carbocycles. The Morgan fingerprint density at radius 3 is 2.62 bits per heavy atom. The molecule has 0 saturated heterocycles. The van der Waals surface area contributed by atoms with Gasteiger partial charge in [0.15, 0.2) is 0 Å². The zero-order valence-electron chi connectivity index (χ0n) is 12.9. The van der Waals surface area contributed by atoms with Crippen LogP contribution in [0.4, 0.5) is 11.4 Å². The van der Waals surface area contributed by atoms with Gasteiger partial charge in [0.2, 0.25) is 0 Å². The normalized spacial score (nSPS) is 12.3. The van der Waals surface area contributed by atoms with Crippen molar-refractivity contribution in [3.63, 3.8) is 0 Å². The van der Waals surface area contributed by atoms with Gasteiger partial charge in [-0.1, -0.05) is 25.4 Å². The van der Waals surface area contributed by atoms with Crippen LogP contribution in [0.15, 0.2) is 12.1 Å². The van der Waals surface area contributed by atoms with Gasteiger partial charge >= 0.3 is 5.97 Å². The Labute approximate surface area is 130 Å². The van der Waals surface area contributed by atoms with Gasteiger partial charge in [-0.3, -0.25) is 0 Å². The van der Waals surface area contributed by atoms with E-state index in [4.69, 9.17) is 26.8 Å². The number of hydrogen-bond acceptors (Lipinski definition) is 5. The molecule has 6 heteroatoms. The minimum Gasteiger partial charge on any atom is -0.465 e. The molecule has 1 aromatic rings. The fourth-order valence-electron chi connectivity index (χ4n) is 1.88. The molecule has 0 bridgehead atoms. The monoisotopic (exact) mass is 314 g/mol. The molecule has 1 unspecified atom stereocenters. The summed E-state index contributed by atoms with van der Waals surface area (Å²) in [4.78, 5) is 11.9. The van der Waals surface area contributed by atoms with Crippen molar-refractivity contribution in [2.45, 2.75) is 26.8 Å². The number of hydrogen-bond donors (Lipinski definition) is 2. The number of nitrogens with one attached hydrogen (secondary N) is 1. The topological polar surface area (TPSA) is 73.6 Å². The fourth-order valence-corrected chi connectivity index (χ4v) is 2.16. The Morgan fingerprint density at radius 1 is 1.43 bits per heavy atom. The van der Waals surface area contributed by atoms with E-state index in [1.807, 2.05) is 6.92 Å². The number of esters is 1. The minimum atomic E-state index is -0.481. The number of halogens is 1. The molecule has 0 fully saturated rings. The average Bonchev–Trinajstić information content (AvgIpc) is 2.43. The number of benzene rings is 1. The van der Waals surface area contributed by atoms with E-state index in [0.717, 1.165) is 0 Å². The molecule has 118 valence electrons. The summed E-state index contributed by atoms with van der Waals surface area (Å²) in [6.45, 7) is 7.23. The van der Waals surface area contributed by atoms with Crippen LogP contribution in [-0.4, -0.2) is 32.3 Å². The summed E-state index contributed by atoms with van der Waals surface area (Å²) in [5.74, 6) is -0.179. The van der Waals surface area contributed by atoms with Gasteiger partial charge in [-0.15, -0.1) is 0 Å². The molecule has 0 aliphatic heterocycles. The maximum atomic E-state index is 11.9. The highest BCUT2D eigenvalue weighted by Crippen LogP contribution is 2.31. The Bertz CT molecular complexity index is 492. The second-order valence-corrected chi connectivity index (χ2v) is 5.48. The molecule has 0 aliphatic carbocycles. The van der Waals surface area contributed by atoms with Gasteiger partial charge in [-0.25, -0.2) is 4.79 Å². The number of ether oxygens (including phenoxy) is 2. The summed E-state index contributed by atoms with van der Waals surface area (Å²) in [5.41, 5.74) is 7.01. The van der Waals surface area contributed by atoms with Gasteiger partial charge in [0, 0.05) is 12.3 Å². The molecular weight excluding hydrogens is 292 g/mol. The van der Waals surface area contributed by atoms with Gasteiger partial charge in [-0.05, 0) is 25.0 Å². The summed E-state index contributed by atoms with van der Waals surface area (Å²) >= 11 is 6.23. The first-order chi connectivity index (χ1) is 9.90. The number of carbonyl (C=O) groups is 1. The second-order valence-electron chi connectivity index (χ2n) is 5.07. The van der Waals surface area contributed by atoms with Crippen LogP contribution in [0.3, 0.4) is 0 Å². The van der Waals surface area contributed by atoms with Crippen LogP contribution in [0.1, 0.15) is 31.1 Å². The van der Waals surface area contributed by atoms with Gasteiger partial charge in [0.05, 0.1) is 36.0 Å². The number of rotatable bonds is 7. The highest BCUT2D eigenvalue weighted by atomic mass is 35.5. The molecule has 0 amide bonds. The van der Waals surface area contributed by atoms with Crippen LogP contribution < -0.4 is 11.1 Å². The SMILES string of the molecule is CCOCC(Nc1c(Cl)cc(N)cc1C(=O)OC)C(C)C. The molecule has 0 aliphatic rings. The number of nitrogen functional groups attached to an aromatic ring is 1. The number of anilines is 2. The van der Waals surface area contributed by atoms with E-state index >= 15 is 0 Å². The molecular formula is C15H23ClN2O3. The van der Waals surface area contributed by atoms with Crippen molar-refractivity contribution in [3.05, 3.63) is 22.7 Å². The van der Waals surface area contributed by atoms with E-state index in [-0.39, 0.29) is 6.04 Å². The van der Waals surface area contributed by atoms with Crippen LogP contribution in [0, 0.1) is 5.92 Å². The lowest BCUT2D eigenvalue weighted by molar-refractivity contribution is 0.0601. The Balaban J connectivity index is 3.12. The van der Waals surface area contributed by atoms with Crippen molar-refractivity contribution in [1.29, 1.82) is 0 Å². The standard InChI is InChI=1S/C15H23ClN2O3/c1-5-21-8-13(9(2)3)18-14-11(15(19)20-4)6-10(17)7-12(14)16/h6-7,9,13,18H,5,8,17H2,1-4H3. The first-order valence-electron chi connectivity index (χ1n) is 6.92. The quantitative estimate of drug-likeness (QED) is 0.597. The van der Waals surface area contributed by atoms with Crippen LogP contribution in [0.5, 0.6) is 0 Å². The smallest absolute Gasteiger partial charge is 0.340 e. The lowest BCUT2D eigenvalue weighted by Gasteiger charge is -2.25. The highest BCUT2D eigenvalue weighted by molar-refractivity contribution is 6.34. The first kappa shape index (κ1) is 17.6. The van der Waals surface area contributed by atoms with Crippen LogP contribution in [0.25, 0.3) is 0 Å². The molecule has 0 aromatic heterocycles. The molecule has 0 radical (unpaired) electrons. The van der Waals surface area contributed by atoms with E-state index in [2.05, 4.69) is 19.2 Å². The summed E-state index contributed by atoms with van der Waals surface area (Å²) in [7, 11) is 1.32. The summed E-state index contributed by atoms with van der Waals surface area (Å²) in [5, 5.41) is 3.67. The van der Waals surface area contributed by atoms with Gasteiger partial charge in [-0.2, -0.15) is 0 Å². The van der Waals surface area contributed by atoms with Crippen molar-refractivity contribution < 1.29 is 14.3 Å². The van der Waals surface area contributed by atoms with Gasteiger partial charge < -0.3 is 20.5 Å². The van der Waals surface area contributed by atoms with E-state index in [9.17, 15) is 4.79 Å². The van der Waals surface area contributed by atoms with Gasteiger partial charge in [0.1, 0.15) is 0 Å². The van der Waals surface area contributed by atoms with Crippen molar-refractivity contribution in [2.75, 3.05) is 31.4 Å². The predicted octanol–water partition coefficient (Wildman–Crippen LogP) is 3.18. The average molecular weight is 315 g/mol. The van der Waals surface area contributed by atoms with Crippen molar-refractivity contribution in [1.82, 2.24) is 0 Å². The lowest BCUT2D eigenvalue weighted by Crippen LogP contribution is -2.32. The van der Waals surface area contributed by atoms with E-state index in [0.29, 0.717) is 41.1 Å². The third-order valence-electron chi connectivity index (χ3n) is 3.15. The molecule has 21 heavy (non-hydrogen) atoms. The summed E-state index contributed by atoms with van der Waals surface area (Å²) < 4.78 is 10.3. The molecule has 0 heterocycles. The Hall–Kier alpha value is -1.46. The largest absolute Gasteiger partial charge is 0.465 e. The summed E-state index contributed by atoms with van der Waals surface area (Å²) in [6, 6.07) is 3.18. The Kier molecular flexibility index (Phi) is 6.78. The second kappa shape index (κ2) is 8.10. The Morgan fingerprint density at radius 2 is 2.10 bits per heavy atom. The van der Waals surface area contributed by atoms with Crippen molar-refractivity contribution >= 4 is 28.9 Å². The van der Waals surface area contributed by atoms with Crippen molar-refractivity contribution in [2.24, 2.45) is 5.92 Å². The van der Waals surface area contributed by atoms with Gasteiger partial charge in [0.25, 0.3) is 0 Å². The first-order valence-corrected chi connectivity index (χ1v) is 7.30. The molecule has 1 rings (SSSR count). The van der Waals surface area contributed by atoms with E-state index in [1.54, 1.807) is 12.1 Å². The number of nitrogens with two attached hydrogens (primary N) is 1. The van der Waals surface area contributed by atoms with Crippen LogP contribution in [0.2, 0.25) is 5.02 Å². The minimum absolute atomic E-state index is 0.0227. The maximum Gasteiger partial charge on any atom is 0.340 e. The van der Waals surface area contributed by atoms with Crippen LogP contribution in [-0.2, 0) is 9.47 Å². The predicted molar refractivity (Wildman–Crippen MR) is 85.9 cm³/mol. The third kappa shape index (κ3) is 4.79. The van der Waals surface area contributed by atoms with E-state index in [1.165, 1.54) is 7.11 Å². The molecule has 0 spiro atoms. The maximum absolute atomic E-state index is 11.9. The zero-order valence-corrected chi connectivity index (χ0v) is 13.7. The molecule has 3 N–H and O–H groups in total. The van der Waals surface area contributed by atoms with Crippen molar-refractivity contribution in [3.8, 4) is 0 Å².